The summed E-state index contributed by atoms with van der Waals surface area (Å²) in [5.74, 6) is 0.0900. The van der Waals surface area contributed by atoms with Gasteiger partial charge in [-0.15, -0.1) is 0 Å². The molecule has 1 aromatic heterocycles. The Kier molecular flexibility index (Phi) is 6.31. The van der Waals surface area contributed by atoms with E-state index in [1.165, 1.54) is 6.20 Å². The number of hydrogen-bond donors (Lipinski definition) is 2. The molecule has 6 heteroatoms. The van der Waals surface area contributed by atoms with Crippen LogP contribution in [0.1, 0.15) is 34.6 Å². The fourth-order valence-electron chi connectivity index (χ4n) is 2.06. The molecular formula is C18H21N3O3. The molecule has 2 rings (SSSR count). The van der Waals surface area contributed by atoms with Crippen molar-refractivity contribution in [1.82, 2.24) is 15.6 Å². The van der Waals surface area contributed by atoms with E-state index in [0.717, 1.165) is 0 Å². The van der Waals surface area contributed by atoms with Crippen LogP contribution in [0.2, 0.25) is 0 Å². The van der Waals surface area contributed by atoms with Gasteiger partial charge in [-0.2, -0.15) is 0 Å². The Balaban J connectivity index is 1.83. The topological polar surface area (TPSA) is 80.3 Å². The Hall–Kier alpha value is -2.89. The molecule has 0 spiro atoms. The first-order chi connectivity index (χ1) is 11.6. The molecule has 0 aliphatic heterocycles. The third-order valence-corrected chi connectivity index (χ3v) is 3.11. The molecule has 1 aromatic carbocycles. The minimum atomic E-state index is -0.234. The van der Waals surface area contributed by atoms with Crippen LogP contribution >= 0.6 is 0 Å². The van der Waals surface area contributed by atoms with Crippen molar-refractivity contribution in [2.24, 2.45) is 0 Å². The van der Waals surface area contributed by atoms with E-state index < -0.39 is 0 Å². The second kappa shape index (κ2) is 8.67. The van der Waals surface area contributed by atoms with Gasteiger partial charge in [-0.1, -0.05) is 12.1 Å². The van der Waals surface area contributed by atoms with Crippen molar-refractivity contribution >= 4 is 11.8 Å². The average Bonchev–Trinajstić information content (AvgIpc) is 2.59. The van der Waals surface area contributed by atoms with Gasteiger partial charge < -0.3 is 15.4 Å². The molecule has 2 aromatic rings. The number of amides is 2. The molecule has 0 radical (unpaired) electrons. The fourth-order valence-corrected chi connectivity index (χ4v) is 2.06. The lowest BCUT2D eigenvalue weighted by Gasteiger charge is -2.14. The Morgan fingerprint density at radius 1 is 1.04 bits per heavy atom. The van der Waals surface area contributed by atoms with E-state index in [1.54, 1.807) is 36.5 Å². The number of aromatic nitrogens is 1. The second-order valence-electron chi connectivity index (χ2n) is 5.42. The van der Waals surface area contributed by atoms with Crippen LogP contribution < -0.4 is 15.4 Å². The average molecular weight is 327 g/mol. The zero-order valence-corrected chi connectivity index (χ0v) is 13.8. The molecule has 6 nitrogen and oxygen atoms in total. The second-order valence-corrected chi connectivity index (χ2v) is 5.42. The lowest BCUT2D eigenvalue weighted by molar-refractivity contribution is 0.0924. The van der Waals surface area contributed by atoms with Crippen LogP contribution in [0.5, 0.6) is 5.75 Å². The summed E-state index contributed by atoms with van der Waals surface area (Å²) in [6.07, 6.45) is 3.08. The van der Waals surface area contributed by atoms with Crippen LogP contribution in [0.4, 0.5) is 0 Å². The first kappa shape index (κ1) is 17.5. The number of ether oxygens (including phenoxy) is 1. The van der Waals surface area contributed by atoms with Crippen molar-refractivity contribution < 1.29 is 14.3 Å². The molecule has 0 aliphatic rings. The Morgan fingerprint density at radius 3 is 2.42 bits per heavy atom. The van der Waals surface area contributed by atoms with E-state index in [9.17, 15) is 9.59 Å². The van der Waals surface area contributed by atoms with Gasteiger partial charge in [-0.25, -0.2) is 0 Å². The van der Waals surface area contributed by atoms with Crippen LogP contribution in [0.25, 0.3) is 0 Å². The van der Waals surface area contributed by atoms with Crippen molar-refractivity contribution in [2.45, 2.75) is 20.0 Å². The van der Waals surface area contributed by atoms with Gasteiger partial charge in [0.2, 0.25) is 0 Å². The van der Waals surface area contributed by atoms with Crippen LogP contribution in [0.3, 0.4) is 0 Å². The summed E-state index contributed by atoms with van der Waals surface area (Å²) in [6, 6.07) is 10.5. The SMILES string of the molecule is CC(C)Oc1ccccc1C(=O)NCCNC(=O)c1cccnc1. The molecule has 0 fully saturated rings. The molecular weight excluding hydrogens is 306 g/mol. The number of carbonyl (C=O) groups is 2. The van der Waals surface area contributed by atoms with Gasteiger partial charge in [0, 0.05) is 25.5 Å². The maximum absolute atomic E-state index is 12.2. The lowest BCUT2D eigenvalue weighted by Crippen LogP contribution is -2.35. The number of para-hydroxylation sites is 1. The third-order valence-electron chi connectivity index (χ3n) is 3.11. The van der Waals surface area contributed by atoms with E-state index in [0.29, 0.717) is 30.0 Å². The summed E-state index contributed by atoms with van der Waals surface area (Å²) in [4.78, 5) is 28.0. The summed E-state index contributed by atoms with van der Waals surface area (Å²) >= 11 is 0. The number of carbonyl (C=O) groups excluding carboxylic acids is 2. The number of hydrogen-bond acceptors (Lipinski definition) is 4. The molecule has 0 saturated heterocycles. The zero-order chi connectivity index (χ0) is 17.4. The maximum Gasteiger partial charge on any atom is 0.255 e. The van der Waals surface area contributed by atoms with E-state index in [4.69, 9.17) is 4.74 Å². The molecule has 0 saturated carbocycles. The fraction of sp³-hybridized carbons (Fsp3) is 0.278. The van der Waals surface area contributed by atoms with E-state index >= 15 is 0 Å². The molecule has 126 valence electrons. The molecule has 2 amide bonds. The predicted octanol–water partition coefficient (Wildman–Crippen LogP) is 2.03. The molecule has 0 unspecified atom stereocenters. The Morgan fingerprint density at radius 2 is 1.75 bits per heavy atom. The van der Waals surface area contributed by atoms with Gasteiger partial charge in [0.1, 0.15) is 5.75 Å². The minimum Gasteiger partial charge on any atom is -0.490 e. The van der Waals surface area contributed by atoms with Crippen molar-refractivity contribution in [1.29, 1.82) is 0 Å². The summed E-state index contributed by atoms with van der Waals surface area (Å²) in [5, 5.41) is 5.50. The van der Waals surface area contributed by atoms with Crippen molar-refractivity contribution in [2.75, 3.05) is 13.1 Å². The molecule has 2 N–H and O–H groups in total. The predicted molar refractivity (Wildman–Crippen MR) is 91.1 cm³/mol. The van der Waals surface area contributed by atoms with Crippen molar-refractivity contribution in [3.05, 3.63) is 59.9 Å². The van der Waals surface area contributed by atoms with Gasteiger partial charge >= 0.3 is 0 Å². The summed E-state index contributed by atoms with van der Waals surface area (Å²) in [5.41, 5.74) is 0.962. The van der Waals surface area contributed by atoms with Crippen molar-refractivity contribution in [3.63, 3.8) is 0 Å². The van der Waals surface area contributed by atoms with Gasteiger partial charge in [0.15, 0.2) is 0 Å². The first-order valence-corrected chi connectivity index (χ1v) is 7.80. The zero-order valence-electron chi connectivity index (χ0n) is 13.8. The largest absolute Gasteiger partial charge is 0.490 e. The van der Waals surface area contributed by atoms with E-state index in [-0.39, 0.29) is 17.9 Å². The highest BCUT2D eigenvalue weighted by molar-refractivity contribution is 5.97. The molecule has 24 heavy (non-hydrogen) atoms. The van der Waals surface area contributed by atoms with Gasteiger partial charge in [0.05, 0.1) is 17.2 Å². The molecule has 0 bridgehead atoms. The molecule has 0 atom stereocenters. The standard InChI is InChI=1S/C18H21N3O3/c1-13(2)24-16-8-4-3-7-15(16)18(23)21-11-10-20-17(22)14-6-5-9-19-12-14/h3-9,12-13H,10-11H2,1-2H3,(H,20,22)(H,21,23). The van der Waals surface area contributed by atoms with Crippen LogP contribution in [0, 0.1) is 0 Å². The number of benzene rings is 1. The number of nitrogens with zero attached hydrogens (tertiary/aromatic N) is 1. The van der Waals surface area contributed by atoms with Crippen LogP contribution in [-0.4, -0.2) is 36.0 Å². The summed E-state index contributed by atoms with van der Waals surface area (Å²) in [7, 11) is 0. The smallest absolute Gasteiger partial charge is 0.255 e. The van der Waals surface area contributed by atoms with Gasteiger partial charge in [-0.3, -0.25) is 14.6 Å². The summed E-state index contributed by atoms with van der Waals surface area (Å²) < 4.78 is 5.63. The molecule has 0 aliphatic carbocycles. The Labute approximate surface area is 141 Å². The van der Waals surface area contributed by atoms with E-state index in [2.05, 4.69) is 15.6 Å². The highest BCUT2D eigenvalue weighted by atomic mass is 16.5. The maximum atomic E-state index is 12.2. The quantitative estimate of drug-likeness (QED) is 0.763. The number of pyridine rings is 1. The lowest BCUT2D eigenvalue weighted by atomic mass is 10.2. The van der Waals surface area contributed by atoms with Gasteiger partial charge in [0.25, 0.3) is 11.8 Å². The number of nitrogens with one attached hydrogen (secondary N) is 2. The van der Waals surface area contributed by atoms with Crippen molar-refractivity contribution in [3.8, 4) is 5.75 Å². The van der Waals surface area contributed by atoms with Crippen LogP contribution in [-0.2, 0) is 0 Å². The highest BCUT2D eigenvalue weighted by Gasteiger charge is 2.12. The van der Waals surface area contributed by atoms with Gasteiger partial charge in [-0.05, 0) is 38.1 Å². The van der Waals surface area contributed by atoms with E-state index in [1.807, 2.05) is 19.9 Å². The minimum absolute atomic E-state index is 0.0160. The normalized spacial score (nSPS) is 10.3. The highest BCUT2D eigenvalue weighted by Crippen LogP contribution is 2.19. The Bertz CT molecular complexity index is 687. The third kappa shape index (κ3) is 5.08. The monoisotopic (exact) mass is 327 g/mol. The molecule has 1 heterocycles. The van der Waals surface area contributed by atoms with Crippen LogP contribution in [0.15, 0.2) is 48.8 Å². The number of rotatable bonds is 7. The summed E-state index contributed by atoms with van der Waals surface area (Å²) in [6.45, 7) is 4.46. The first-order valence-electron chi connectivity index (χ1n) is 7.80.